The van der Waals surface area contributed by atoms with Crippen LogP contribution in [0.2, 0.25) is 0 Å². The summed E-state index contributed by atoms with van der Waals surface area (Å²) in [6.45, 7) is 7.33. The van der Waals surface area contributed by atoms with Gasteiger partial charge in [0.05, 0.1) is 27.8 Å². The Morgan fingerprint density at radius 1 is 1.00 bits per heavy atom. The van der Waals surface area contributed by atoms with E-state index in [1.54, 1.807) is 0 Å². The van der Waals surface area contributed by atoms with Crippen molar-refractivity contribution in [3.05, 3.63) is 59.4 Å². The van der Waals surface area contributed by atoms with Crippen molar-refractivity contribution in [2.75, 3.05) is 26.2 Å². The van der Waals surface area contributed by atoms with Crippen LogP contribution in [0.3, 0.4) is 0 Å². The SMILES string of the molecule is CCNCCc1nc2ccccc2n1C1CCN(Cc2nc3ccccc3s2)CC1. The highest BCUT2D eigenvalue weighted by Gasteiger charge is 2.25. The van der Waals surface area contributed by atoms with Crippen LogP contribution in [0.15, 0.2) is 48.5 Å². The van der Waals surface area contributed by atoms with Crippen LogP contribution >= 0.6 is 11.3 Å². The minimum Gasteiger partial charge on any atom is -0.325 e. The minimum atomic E-state index is 0.528. The molecule has 30 heavy (non-hydrogen) atoms. The molecule has 1 N–H and O–H groups in total. The van der Waals surface area contributed by atoms with Crippen LogP contribution in [-0.4, -0.2) is 45.6 Å². The molecule has 6 heteroatoms. The van der Waals surface area contributed by atoms with Crippen molar-refractivity contribution in [3.8, 4) is 0 Å². The number of imidazole rings is 1. The normalized spacial score (nSPS) is 16.0. The molecule has 2 aromatic carbocycles. The van der Waals surface area contributed by atoms with Gasteiger partial charge in [-0.2, -0.15) is 0 Å². The van der Waals surface area contributed by atoms with Gasteiger partial charge in [0.2, 0.25) is 0 Å². The van der Waals surface area contributed by atoms with E-state index in [2.05, 4.69) is 70.2 Å². The van der Waals surface area contributed by atoms with E-state index in [4.69, 9.17) is 9.97 Å². The van der Waals surface area contributed by atoms with Gasteiger partial charge in [-0.3, -0.25) is 4.90 Å². The number of nitrogens with one attached hydrogen (secondary N) is 1. The molecule has 1 fully saturated rings. The summed E-state index contributed by atoms with van der Waals surface area (Å²) in [6.07, 6.45) is 3.31. The minimum absolute atomic E-state index is 0.528. The number of benzene rings is 2. The van der Waals surface area contributed by atoms with Gasteiger partial charge >= 0.3 is 0 Å². The maximum atomic E-state index is 4.97. The van der Waals surface area contributed by atoms with Gasteiger partial charge in [0, 0.05) is 32.1 Å². The third-order valence-electron chi connectivity index (χ3n) is 6.06. The first kappa shape index (κ1) is 19.7. The van der Waals surface area contributed by atoms with Gasteiger partial charge < -0.3 is 9.88 Å². The summed E-state index contributed by atoms with van der Waals surface area (Å²) in [4.78, 5) is 12.4. The molecule has 5 rings (SSSR count). The van der Waals surface area contributed by atoms with Crippen molar-refractivity contribution in [3.63, 3.8) is 0 Å². The number of hydrogen-bond acceptors (Lipinski definition) is 5. The third kappa shape index (κ3) is 4.00. The first-order valence-corrected chi connectivity index (χ1v) is 11.9. The zero-order chi connectivity index (χ0) is 20.3. The zero-order valence-electron chi connectivity index (χ0n) is 17.6. The summed E-state index contributed by atoms with van der Waals surface area (Å²) in [7, 11) is 0. The van der Waals surface area contributed by atoms with Crippen LogP contribution < -0.4 is 5.32 Å². The highest BCUT2D eigenvalue weighted by molar-refractivity contribution is 7.18. The van der Waals surface area contributed by atoms with Gasteiger partial charge in [-0.15, -0.1) is 11.3 Å². The quantitative estimate of drug-likeness (QED) is 0.444. The third-order valence-corrected chi connectivity index (χ3v) is 7.08. The van der Waals surface area contributed by atoms with Crippen LogP contribution in [0, 0.1) is 0 Å². The molecule has 0 bridgehead atoms. The summed E-state index contributed by atoms with van der Waals surface area (Å²) >= 11 is 1.83. The first-order chi connectivity index (χ1) is 14.8. The van der Waals surface area contributed by atoms with E-state index >= 15 is 0 Å². The molecule has 1 saturated heterocycles. The maximum absolute atomic E-state index is 4.97. The Hall–Kier alpha value is -2.28. The predicted molar refractivity (Wildman–Crippen MR) is 125 cm³/mol. The molecule has 5 nitrogen and oxygen atoms in total. The van der Waals surface area contributed by atoms with Crippen LogP contribution in [0.4, 0.5) is 0 Å². The van der Waals surface area contributed by atoms with E-state index in [0.717, 1.165) is 50.2 Å². The van der Waals surface area contributed by atoms with E-state index in [0.29, 0.717) is 6.04 Å². The lowest BCUT2D eigenvalue weighted by atomic mass is 10.0. The average Bonchev–Trinajstić information content (AvgIpc) is 3.35. The molecule has 0 aliphatic carbocycles. The molecule has 3 heterocycles. The topological polar surface area (TPSA) is 46.0 Å². The van der Waals surface area contributed by atoms with Gasteiger partial charge in [0.15, 0.2) is 0 Å². The summed E-state index contributed by atoms with van der Waals surface area (Å²) in [6, 6.07) is 17.6. The molecule has 0 atom stereocenters. The Balaban J connectivity index is 1.30. The van der Waals surface area contributed by atoms with Crippen molar-refractivity contribution >= 4 is 32.6 Å². The number of fused-ring (bicyclic) bond motifs is 2. The number of likely N-dealkylation sites (N-methyl/N-ethyl adjacent to an activating group) is 1. The van der Waals surface area contributed by atoms with Gasteiger partial charge in [0.1, 0.15) is 10.8 Å². The maximum Gasteiger partial charge on any atom is 0.111 e. The van der Waals surface area contributed by atoms with Crippen molar-refractivity contribution in [2.24, 2.45) is 0 Å². The second-order valence-electron chi connectivity index (χ2n) is 8.07. The Bertz CT molecular complexity index is 1090. The van der Waals surface area contributed by atoms with Gasteiger partial charge in [-0.25, -0.2) is 9.97 Å². The van der Waals surface area contributed by atoms with Gasteiger partial charge in [-0.1, -0.05) is 31.2 Å². The van der Waals surface area contributed by atoms with Crippen molar-refractivity contribution in [1.29, 1.82) is 0 Å². The molecule has 0 unspecified atom stereocenters. The molecule has 156 valence electrons. The summed E-state index contributed by atoms with van der Waals surface area (Å²) < 4.78 is 3.82. The highest BCUT2D eigenvalue weighted by Crippen LogP contribution is 2.30. The number of rotatable bonds is 7. The fourth-order valence-electron chi connectivity index (χ4n) is 4.57. The lowest BCUT2D eigenvalue weighted by Crippen LogP contribution is -2.34. The fourth-order valence-corrected chi connectivity index (χ4v) is 5.58. The molecule has 0 radical (unpaired) electrons. The van der Waals surface area contributed by atoms with E-state index in [1.165, 1.54) is 33.9 Å². The predicted octanol–water partition coefficient (Wildman–Crippen LogP) is 4.64. The highest BCUT2D eigenvalue weighted by atomic mass is 32.1. The Kier molecular flexibility index (Phi) is 5.79. The smallest absolute Gasteiger partial charge is 0.111 e. The molecule has 0 saturated carbocycles. The molecule has 2 aromatic heterocycles. The van der Waals surface area contributed by atoms with E-state index < -0.39 is 0 Å². The molecule has 0 amide bonds. The first-order valence-electron chi connectivity index (χ1n) is 11.0. The number of aromatic nitrogens is 3. The number of thiazole rings is 1. The average molecular weight is 420 g/mol. The van der Waals surface area contributed by atoms with Crippen LogP contribution in [0.1, 0.15) is 36.6 Å². The number of hydrogen-bond donors (Lipinski definition) is 1. The largest absolute Gasteiger partial charge is 0.325 e. The molecular weight excluding hydrogens is 390 g/mol. The van der Waals surface area contributed by atoms with Crippen LogP contribution in [0.5, 0.6) is 0 Å². The lowest BCUT2D eigenvalue weighted by molar-refractivity contribution is 0.180. The molecule has 1 aliphatic rings. The van der Waals surface area contributed by atoms with Crippen molar-refractivity contribution in [2.45, 2.75) is 38.8 Å². The van der Waals surface area contributed by atoms with Crippen molar-refractivity contribution in [1.82, 2.24) is 24.8 Å². The Morgan fingerprint density at radius 2 is 1.77 bits per heavy atom. The molecular formula is C24H29N5S. The summed E-state index contributed by atoms with van der Waals surface area (Å²) in [5.74, 6) is 1.22. The van der Waals surface area contributed by atoms with Gasteiger partial charge in [-0.05, 0) is 43.7 Å². The Morgan fingerprint density at radius 3 is 2.57 bits per heavy atom. The molecule has 4 aromatic rings. The summed E-state index contributed by atoms with van der Waals surface area (Å²) in [5, 5.41) is 4.68. The van der Waals surface area contributed by atoms with Gasteiger partial charge in [0.25, 0.3) is 0 Å². The van der Waals surface area contributed by atoms with Crippen LogP contribution in [-0.2, 0) is 13.0 Å². The Labute approximate surface area is 181 Å². The second-order valence-corrected chi connectivity index (χ2v) is 9.19. The number of likely N-dealkylation sites (tertiary alicyclic amines) is 1. The van der Waals surface area contributed by atoms with E-state index in [1.807, 2.05) is 11.3 Å². The van der Waals surface area contributed by atoms with E-state index in [-0.39, 0.29) is 0 Å². The lowest BCUT2D eigenvalue weighted by Gasteiger charge is -2.33. The monoisotopic (exact) mass is 419 g/mol. The zero-order valence-corrected chi connectivity index (χ0v) is 18.4. The number of para-hydroxylation sites is 3. The van der Waals surface area contributed by atoms with E-state index in [9.17, 15) is 0 Å². The molecule has 0 spiro atoms. The molecule has 1 aliphatic heterocycles. The second kappa shape index (κ2) is 8.84. The summed E-state index contributed by atoms with van der Waals surface area (Å²) in [5.41, 5.74) is 3.54. The van der Waals surface area contributed by atoms with Crippen molar-refractivity contribution < 1.29 is 0 Å². The fraction of sp³-hybridized carbons (Fsp3) is 0.417. The standard InChI is InChI=1S/C24H29N5S/c1-2-25-14-11-23-26-19-7-3-5-9-21(19)29(23)18-12-15-28(16-13-18)17-24-27-20-8-4-6-10-22(20)30-24/h3-10,18,25H,2,11-17H2,1H3. The number of nitrogens with zero attached hydrogens (tertiary/aromatic N) is 4. The number of piperidine rings is 1. The van der Waals surface area contributed by atoms with Crippen LogP contribution in [0.25, 0.3) is 21.3 Å².